The molecule has 7 nitrogen and oxygen atoms in total. The topological polar surface area (TPSA) is 101 Å². The molecule has 0 aliphatic carbocycles. The fourth-order valence-electron chi connectivity index (χ4n) is 2.74. The summed E-state index contributed by atoms with van der Waals surface area (Å²) in [6, 6.07) is 5.57. The SMILES string of the molecule is COCCCN(CC(C)(C)CNc1c(N)cc(C#N)cc1I)C(=O)OC(C)(C)C. The zero-order valence-corrected chi connectivity index (χ0v) is 20.4. The Kier molecular flexibility index (Phi) is 9.49. The fraction of sp³-hybridized carbons (Fsp3) is 0.619. The summed E-state index contributed by atoms with van der Waals surface area (Å²) >= 11 is 2.17. The number of nitrogens with zero attached hydrogens (tertiary/aromatic N) is 2. The zero-order chi connectivity index (χ0) is 22.2. The lowest BCUT2D eigenvalue weighted by Gasteiger charge is -2.34. The van der Waals surface area contributed by atoms with E-state index in [9.17, 15) is 4.79 Å². The summed E-state index contributed by atoms with van der Waals surface area (Å²) in [6.07, 6.45) is 0.411. The second-order valence-electron chi connectivity index (χ2n) is 8.80. The first-order valence-electron chi connectivity index (χ1n) is 9.58. The van der Waals surface area contributed by atoms with Gasteiger partial charge in [0.1, 0.15) is 5.60 Å². The van der Waals surface area contributed by atoms with E-state index in [0.29, 0.717) is 37.5 Å². The second-order valence-corrected chi connectivity index (χ2v) is 9.96. The minimum atomic E-state index is -0.550. The van der Waals surface area contributed by atoms with Crippen LogP contribution >= 0.6 is 22.6 Å². The summed E-state index contributed by atoms with van der Waals surface area (Å²) in [5, 5.41) is 12.5. The Balaban J connectivity index is 2.86. The number of nitrogens with one attached hydrogen (secondary N) is 1. The van der Waals surface area contributed by atoms with Crippen LogP contribution in [0.4, 0.5) is 16.2 Å². The lowest BCUT2D eigenvalue weighted by Crippen LogP contribution is -2.44. The number of methoxy groups -OCH3 is 1. The Morgan fingerprint density at radius 2 is 1.97 bits per heavy atom. The predicted molar refractivity (Wildman–Crippen MR) is 125 cm³/mol. The molecule has 0 atom stereocenters. The van der Waals surface area contributed by atoms with Crippen molar-refractivity contribution in [3.8, 4) is 6.07 Å². The first-order valence-corrected chi connectivity index (χ1v) is 10.7. The zero-order valence-electron chi connectivity index (χ0n) is 18.3. The standard InChI is InChI=1S/C21H33IN4O3/c1-20(2,3)29-19(27)26(8-7-9-28-6)14-21(4,5)13-25-18-16(22)10-15(12-23)11-17(18)24/h10-11,25H,7-9,13-14,24H2,1-6H3. The van der Waals surface area contributed by atoms with E-state index in [1.54, 1.807) is 24.1 Å². The number of carbonyl (C=O) groups excluding carboxylic acids is 1. The van der Waals surface area contributed by atoms with Gasteiger partial charge in [-0.25, -0.2) is 4.79 Å². The number of carbonyl (C=O) groups is 1. The smallest absolute Gasteiger partial charge is 0.410 e. The van der Waals surface area contributed by atoms with Gasteiger partial charge < -0.3 is 25.4 Å². The van der Waals surface area contributed by atoms with Crippen molar-refractivity contribution in [1.29, 1.82) is 5.26 Å². The van der Waals surface area contributed by atoms with Gasteiger partial charge in [-0.2, -0.15) is 5.26 Å². The van der Waals surface area contributed by atoms with Crippen LogP contribution in [-0.2, 0) is 9.47 Å². The van der Waals surface area contributed by atoms with E-state index >= 15 is 0 Å². The first kappa shape index (κ1) is 25.3. The molecule has 0 bridgehead atoms. The Bertz CT molecular complexity index is 715. The van der Waals surface area contributed by atoms with Crippen molar-refractivity contribution in [3.63, 3.8) is 0 Å². The Morgan fingerprint density at radius 3 is 2.48 bits per heavy atom. The molecule has 1 aromatic rings. The number of halogens is 1. The molecule has 0 saturated carbocycles. The molecule has 0 saturated heterocycles. The molecule has 0 aromatic heterocycles. The van der Waals surface area contributed by atoms with Crippen LogP contribution in [0.5, 0.6) is 0 Å². The molecule has 0 heterocycles. The van der Waals surface area contributed by atoms with Crippen molar-refractivity contribution in [1.82, 2.24) is 4.90 Å². The van der Waals surface area contributed by atoms with Gasteiger partial charge in [-0.3, -0.25) is 0 Å². The average molecular weight is 516 g/mol. The number of ether oxygens (including phenoxy) is 2. The number of benzene rings is 1. The highest BCUT2D eigenvalue weighted by Gasteiger charge is 2.28. The molecule has 162 valence electrons. The lowest BCUT2D eigenvalue weighted by atomic mass is 9.92. The van der Waals surface area contributed by atoms with Crippen LogP contribution in [0.1, 0.15) is 46.6 Å². The first-order chi connectivity index (χ1) is 13.4. The molecule has 0 aliphatic rings. The Hall–Kier alpha value is -1.73. The third-order valence-electron chi connectivity index (χ3n) is 4.04. The number of hydrogen-bond donors (Lipinski definition) is 2. The third-order valence-corrected chi connectivity index (χ3v) is 4.89. The van der Waals surface area contributed by atoms with Gasteiger partial charge >= 0.3 is 6.09 Å². The van der Waals surface area contributed by atoms with Crippen LogP contribution in [0.25, 0.3) is 0 Å². The molecule has 0 spiro atoms. The van der Waals surface area contributed by atoms with Gasteiger partial charge in [-0.15, -0.1) is 0 Å². The molecule has 1 aromatic carbocycles. The van der Waals surface area contributed by atoms with Crippen molar-refractivity contribution in [2.45, 2.75) is 46.6 Å². The maximum absolute atomic E-state index is 12.7. The average Bonchev–Trinajstić information content (AvgIpc) is 2.58. The number of nitriles is 1. The molecule has 29 heavy (non-hydrogen) atoms. The highest BCUT2D eigenvalue weighted by Crippen LogP contribution is 2.29. The number of amides is 1. The highest BCUT2D eigenvalue weighted by atomic mass is 127. The monoisotopic (exact) mass is 516 g/mol. The molecular formula is C21H33IN4O3. The van der Waals surface area contributed by atoms with Crippen LogP contribution in [0, 0.1) is 20.3 Å². The molecule has 1 rings (SSSR count). The number of hydrogen-bond acceptors (Lipinski definition) is 6. The lowest BCUT2D eigenvalue weighted by molar-refractivity contribution is 0.0169. The quantitative estimate of drug-likeness (QED) is 0.286. The molecule has 0 radical (unpaired) electrons. The molecule has 0 unspecified atom stereocenters. The number of anilines is 2. The van der Waals surface area contributed by atoms with E-state index in [-0.39, 0.29) is 11.5 Å². The fourth-order valence-corrected chi connectivity index (χ4v) is 3.58. The normalized spacial score (nSPS) is 11.7. The minimum Gasteiger partial charge on any atom is -0.444 e. The van der Waals surface area contributed by atoms with E-state index in [1.807, 2.05) is 20.8 Å². The minimum absolute atomic E-state index is 0.243. The molecular weight excluding hydrogens is 483 g/mol. The Labute approximate surface area is 188 Å². The van der Waals surface area contributed by atoms with Gasteiger partial charge in [0.05, 0.1) is 23.0 Å². The molecule has 0 aliphatic heterocycles. The molecule has 3 N–H and O–H groups in total. The van der Waals surface area contributed by atoms with Gasteiger partial charge in [-0.05, 0) is 67.3 Å². The van der Waals surface area contributed by atoms with E-state index in [1.165, 1.54) is 0 Å². The third kappa shape index (κ3) is 9.09. The molecule has 1 amide bonds. The number of nitrogen functional groups attached to an aromatic ring is 1. The summed E-state index contributed by atoms with van der Waals surface area (Å²) < 4.78 is 11.6. The van der Waals surface area contributed by atoms with Gasteiger partial charge in [0.2, 0.25) is 0 Å². The van der Waals surface area contributed by atoms with Crippen molar-refractivity contribution in [2.24, 2.45) is 5.41 Å². The van der Waals surface area contributed by atoms with Crippen LogP contribution in [0.3, 0.4) is 0 Å². The van der Waals surface area contributed by atoms with Crippen LogP contribution < -0.4 is 11.1 Å². The van der Waals surface area contributed by atoms with E-state index in [0.717, 1.165) is 15.7 Å². The van der Waals surface area contributed by atoms with E-state index in [4.69, 9.17) is 20.5 Å². The van der Waals surface area contributed by atoms with Crippen molar-refractivity contribution in [2.75, 3.05) is 44.4 Å². The molecule has 8 heteroatoms. The summed E-state index contributed by atoms with van der Waals surface area (Å²) in [5.74, 6) is 0. The second kappa shape index (κ2) is 10.9. The van der Waals surface area contributed by atoms with Gasteiger partial charge in [0.25, 0.3) is 0 Å². The summed E-state index contributed by atoms with van der Waals surface area (Å²) in [7, 11) is 1.65. The van der Waals surface area contributed by atoms with E-state index < -0.39 is 5.60 Å². The van der Waals surface area contributed by atoms with Gasteiger partial charge in [-0.1, -0.05) is 13.8 Å². The number of nitrogens with two attached hydrogens (primary N) is 1. The van der Waals surface area contributed by atoms with Gasteiger partial charge in [0.15, 0.2) is 0 Å². The summed E-state index contributed by atoms with van der Waals surface area (Å²) in [6.45, 7) is 12.0. The summed E-state index contributed by atoms with van der Waals surface area (Å²) in [4.78, 5) is 14.4. The van der Waals surface area contributed by atoms with Crippen molar-refractivity contribution in [3.05, 3.63) is 21.3 Å². The number of rotatable bonds is 9. The van der Waals surface area contributed by atoms with E-state index in [2.05, 4.69) is 47.8 Å². The van der Waals surface area contributed by atoms with Crippen LogP contribution in [0.15, 0.2) is 12.1 Å². The maximum Gasteiger partial charge on any atom is 0.410 e. The van der Waals surface area contributed by atoms with Gasteiger partial charge in [0, 0.05) is 36.9 Å². The molecule has 0 fully saturated rings. The maximum atomic E-state index is 12.7. The van der Waals surface area contributed by atoms with Crippen molar-refractivity contribution >= 4 is 40.1 Å². The largest absolute Gasteiger partial charge is 0.444 e. The highest BCUT2D eigenvalue weighted by molar-refractivity contribution is 14.1. The van der Waals surface area contributed by atoms with Crippen molar-refractivity contribution < 1.29 is 14.3 Å². The predicted octanol–water partition coefficient (Wildman–Crippen LogP) is 4.46. The van der Waals surface area contributed by atoms with Crippen LogP contribution in [0.2, 0.25) is 0 Å². The summed E-state index contributed by atoms with van der Waals surface area (Å²) in [5.41, 5.74) is 7.19. The Morgan fingerprint density at radius 1 is 1.31 bits per heavy atom. The van der Waals surface area contributed by atoms with Crippen LogP contribution in [-0.4, -0.2) is 49.9 Å².